The minimum Gasteiger partial charge on any atom is -0.508 e. The summed E-state index contributed by atoms with van der Waals surface area (Å²) < 4.78 is 19.2. The normalized spacial score (nSPS) is 17.6. The van der Waals surface area contributed by atoms with Crippen molar-refractivity contribution >= 4 is 23.1 Å². The smallest absolute Gasteiger partial charge is 0.300 e. The number of nitrogens with zero attached hydrogens (tertiary/aromatic N) is 1. The summed E-state index contributed by atoms with van der Waals surface area (Å²) in [5, 5.41) is 21.2. The molecule has 4 rings (SSSR count). The monoisotopic (exact) mass is 447 g/mol. The quantitative estimate of drug-likeness (QED) is 0.329. The van der Waals surface area contributed by atoms with Crippen LogP contribution in [0.15, 0.2) is 78.4 Å². The van der Waals surface area contributed by atoms with Gasteiger partial charge in [0, 0.05) is 11.3 Å². The Morgan fingerprint density at radius 2 is 1.70 bits per heavy atom. The van der Waals surface area contributed by atoms with E-state index in [1.54, 1.807) is 36.4 Å². The van der Waals surface area contributed by atoms with Gasteiger partial charge in [0.05, 0.1) is 17.7 Å². The third kappa shape index (κ3) is 4.30. The van der Waals surface area contributed by atoms with Crippen LogP contribution in [0.4, 0.5) is 10.1 Å². The van der Waals surface area contributed by atoms with Gasteiger partial charge in [-0.15, -0.1) is 0 Å². The van der Waals surface area contributed by atoms with E-state index < -0.39 is 23.5 Å². The molecule has 0 aliphatic carbocycles. The number of ketones is 1. The van der Waals surface area contributed by atoms with E-state index in [2.05, 4.69) is 0 Å². The summed E-state index contributed by atoms with van der Waals surface area (Å²) in [6.45, 7) is 3.73. The Labute approximate surface area is 190 Å². The number of aliphatic hydroxyl groups is 1. The van der Waals surface area contributed by atoms with Crippen molar-refractivity contribution < 1.29 is 28.9 Å². The molecule has 6 nitrogen and oxygen atoms in total. The number of carbonyl (C=O) groups excluding carboxylic acids is 2. The lowest BCUT2D eigenvalue weighted by atomic mass is 9.95. The molecule has 2 N–H and O–H groups in total. The molecule has 1 amide bonds. The number of ether oxygens (including phenoxy) is 1. The fourth-order valence-corrected chi connectivity index (χ4v) is 3.86. The zero-order chi connectivity index (χ0) is 23.7. The highest BCUT2D eigenvalue weighted by atomic mass is 19.1. The first kappa shape index (κ1) is 22.1. The molecule has 168 valence electrons. The summed E-state index contributed by atoms with van der Waals surface area (Å²) in [5.74, 6) is -2.20. The van der Waals surface area contributed by atoms with Gasteiger partial charge in [-0.1, -0.05) is 24.3 Å². The highest BCUT2D eigenvalue weighted by Gasteiger charge is 2.47. The number of phenols is 1. The molecule has 0 radical (unpaired) electrons. The first-order valence-corrected chi connectivity index (χ1v) is 10.4. The predicted molar refractivity (Wildman–Crippen MR) is 121 cm³/mol. The van der Waals surface area contributed by atoms with Crippen molar-refractivity contribution in [2.75, 3.05) is 4.90 Å². The van der Waals surface area contributed by atoms with Crippen LogP contribution in [0.5, 0.6) is 11.5 Å². The predicted octanol–water partition coefficient (Wildman–Crippen LogP) is 4.94. The first-order chi connectivity index (χ1) is 15.8. The largest absolute Gasteiger partial charge is 0.508 e. The number of aromatic hydroxyl groups is 1. The van der Waals surface area contributed by atoms with Gasteiger partial charge in [0.1, 0.15) is 23.1 Å². The van der Waals surface area contributed by atoms with Gasteiger partial charge in [0.25, 0.3) is 11.7 Å². The number of anilines is 1. The molecule has 3 aromatic rings. The number of Topliss-reactive ketones (excluding diaryl/α,β-unsaturated/α-hetero) is 1. The minimum atomic E-state index is -1.03. The van der Waals surface area contributed by atoms with Crippen molar-refractivity contribution in [3.05, 3.63) is 95.3 Å². The standard InChI is InChI=1S/C26H22FNO5/c1-15(2)33-21-8-4-6-17(14-21)24(30)22-23(16-5-3-7-20(29)13-16)28(26(32)25(22)31)19-11-9-18(27)10-12-19/h3-15,23,29-30H,1-2H3/b24-22-. The zero-order valence-electron chi connectivity index (χ0n) is 18.0. The number of phenolic OH excluding ortho intramolecular Hbond substituents is 1. The van der Waals surface area contributed by atoms with E-state index in [-0.39, 0.29) is 28.9 Å². The summed E-state index contributed by atoms with van der Waals surface area (Å²) in [4.78, 5) is 27.4. The van der Waals surface area contributed by atoms with Crippen molar-refractivity contribution in [3.63, 3.8) is 0 Å². The Hall–Kier alpha value is -4.13. The van der Waals surface area contributed by atoms with E-state index in [0.717, 1.165) is 0 Å². The number of hydrogen-bond donors (Lipinski definition) is 2. The maximum absolute atomic E-state index is 13.5. The third-order valence-electron chi connectivity index (χ3n) is 5.21. The molecule has 0 aromatic heterocycles. The summed E-state index contributed by atoms with van der Waals surface area (Å²) >= 11 is 0. The molecule has 33 heavy (non-hydrogen) atoms. The molecule has 0 saturated carbocycles. The fourth-order valence-electron chi connectivity index (χ4n) is 3.86. The Kier molecular flexibility index (Phi) is 5.87. The molecule has 7 heteroatoms. The zero-order valence-corrected chi connectivity index (χ0v) is 18.0. The van der Waals surface area contributed by atoms with E-state index >= 15 is 0 Å². The number of carbonyl (C=O) groups is 2. The van der Waals surface area contributed by atoms with Gasteiger partial charge in [-0.25, -0.2) is 4.39 Å². The van der Waals surface area contributed by atoms with Gasteiger partial charge in [-0.05, 0) is 67.9 Å². The fraction of sp³-hybridized carbons (Fsp3) is 0.154. The van der Waals surface area contributed by atoms with Gasteiger partial charge in [-0.2, -0.15) is 0 Å². The van der Waals surface area contributed by atoms with E-state index in [0.29, 0.717) is 16.9 Å². The van der Waals surface area contributed by atoms with Crippen molar-refractivity contribution in [1.29, 1.82) is 0 Å². The molecule has 0 bridgehead atoms. The van der Waals surface area contributed by atoms with Crippen LogP contribution >= 0.6 is 0 Å². The number of aliphatic hydroxyl groups excluding tert-OH is 1. The lowest BCUT2D eigenvalue weighted by Gasteiger charge is -2.25. The van der Waals surface area contributed by atoms with Crippen molar-refractivity contribution in [3.8, 4) is 11.5 Å². The molecule has 1 atom stereocenters. The number of rotatable bonds is 5. The van der Waals surface area contributed by atoms with E-state index in [1.165, 1.54) is 41.3 Å². The molecule has 1 heterocycles. The topological polar surface area (TPSA) is 87.1 Å². The Morgan fingerprint density at radius 3 is 2.36 bits per heavy atom. The van der Waals surface area contributed by atoms with Gasteiger partial charge in [0.2, 0.25) is 0 Å². The average molecular weight is 447 g/mol. The third-order valence-corrected chi connectivity index (χ3v) is 5.21. The lowest BCUT2D eigenvalue weighted by molar-refractivity contribution is -0.132. The molecular formula is C26H22FNO5. The van der Waals surface area contributed by atoms with Crippen LogP contribution in [0.2, 0.25) is 0 Å². The van der Waals surface area contributed by atoms with Gasteiger partial charge < -0.3 is 14.9 Å². The highest BCUT2D eigenvalue weighted by molar-refractivity contribution is 6.51. The molecule has 1 fully saturated rings. The van der Waals surface area contributed by atoms with Crippen LogP contribution < -0.4 is 9.64 Å². The van der Waals surface area contributed by atoms with Crippen LogP contribution in [0.3, 0.4) is 0 Å². The van der Waals surface area contributed by atoms with E-state index in [1.807, 2.05) is 13.8 Å². The summed E-state index contributed by atoms with van der Waals surface area (Å²) in [5.41, 5.74) is 0.851. The summed E-state index contributed by atoms with van der Waals surface area (Å²) in [7, 11) is 0. The number of halogens is 1. The van der Waals surface area contributed by atoms with Gasteiger partial charge >= 0.3 is 0 Å². The molecule has 1 aliphatic rings. The lowest BCUT2D eigenvalue weighted by Crippen LogP contribution is -2.29. The van der Waals surface area contributed by atoms with Crippen LogP contribution in [-0.2, 0) is 9.59 Å². The summed E-state index contributed by atoms with van der Waals surface area (Å²) in [6.07, 6.45) is -0.0984. The molecule has 3 aromatic carbocycles. The number of benzene rings is 3. The maximum Gasteiger partial charge on any atom is 0.300 e. The Morgan fingerprint density at radius 1 is 1.00 bits per heavy atom. The first-order valence-electron chi connectivity index (χ1n) is 10.4. The second kappa shape index (κ2) is 8.78. The molecule has 1 unspecified atom stereocenters. The Balaban J connectivity index is 1.91. The van der Waals surface area contributed by atoms with Crippen molar-refractivity contribution in [1.82, 2.24) is 0 Å². The number of amides is 1. The van der Waals surface area contributed by atoms with Gasteiger partial charge in [0.15, 0.2) is 0 Å². The summed E-state index contributed by atoms with van der Waals surface area (Å²) in [6, 6.07) is 16.8. The van der Waals surface area contributed by atoms with E-state index in [9.17, 15) is 24.2 Å². The average Bonchev–Trinajstić information content (AvgIpc) is 3.04. The minimum absolute atomic E-state index is 0.0653. The molecular weight excluding hydrogens is 425 g/mol. The van der Waals surface area contributed by atoms with Crippen LogP contribution in [0.25, 0.3) is 5.76 Å². The molecule has 0 spiro atoms. The SMILES string of the molecule is CC(C)Oc1cccc(/C(O)=C2/C(=O)C(=O)N(c3ccc(F)cc3)C2c2cccc(O)c2)c1. The van der Waals surface area contributed by atoms with Crippen LogP contribution in [0, 0.1) is 5.82 Å². The second-order valence-corrected chi connectivity index (χ2v) is 7.93. The molecule has 1 saturated heterocycles. The van der Waals surface area contributed by atoms with Crippen molar-refractivity contribution in [2.45, 2.75) is 26.0 Å². The van der Waals surface area contributed by atoms with Crippen LogP contribution in [-0.4, -0.2) is 28.0 Å². The van der Waals surface area contributed by atoms with E-state index in [4.69, 9.17) is 4.74 Å². The van der Waals surface area contributed by atoms with Gasteiger partial charge in [-0.3, -0.25) is 14.5 Å². The second-order valence-electron chi connectivity index (χ2n) is 7.93. The van der Waals surface area contributed by atoms with Crippen molar-refractivity contribution in [2.24, 2.45) is 0 Å². The highest BCUT2D eigenvalue weighted by Crippen LogP contribution is 2.43. The van der Waals surface area contributed by atoms with Crippen LogP contribution in [0.1, 0.15) is 31.0 Å². The molecule has 1 aliphatic heterocycles. The maximum atomic E-state index is 13.5. The Bertz CT molecular complexity index is 1250. The number of hydrogen-bond acceptors (Lipinski definition) is 5.